The standard InChI is InChI=1S/C18H28N2O3S/c1-5-8-17(9-6-7-12-19-15(2)21)24(4,23)18-10-13-20(14-11-18)16(3)22/h5-9,18H,4,10-14H2,1-3H3,(H,19,21)/b7-6+,8-5-,17-9+. The molecule has 0 aromatic heterocycles. The molecule has 1 saturated heterocycles. The van der Waals surface area contributed by atoms with Gasteiger partial charge >= 0.3 is 0 Å². The van der Waals surface area contributed by atoms with Crippen LogP contribution in [-0.4, -0.2) is 51.7 Å². The normalized spacial score (nSPS) is 19.6. The van der Waals surface area contributed by atoms with E-state index in [1.165, 1.54) is 6.92 Å². The fraction of sp³-hybridized carbons (Fsp3) is 0.500. The first-order chi connectivity index (χ1) is 11.3. The van der Waals surface area contributed by atoms with Crippen LogP contribution >= 0.6 is 0 Å². The monoisotopic (exact) mass is 352 g/mol. The van der Waals surface area contributed by atoms with Gasteiger partial charge in [-0.1, -0.05) is 24.3 Å². The van der Waals surface area contributed by atoms with Crippen molar-refractivity contribution >= 4 is 27.2 Å². The van der Waals surface area contributed by atoms with Crippen LogP contribution in [0.2, 0.25) is 0 Å². The predicted molar refractivity (Wildman–Crippen MR) is 101 cm³/mol. The quantitative estimate of drug-likeness (QED) is 0.586. The molecule has 6 heteroatoms. The molecule has 2 amide bonds. The van der Waals surface area contributed by atoms with E-state index in [1.54, 1.807) is 30.1 Å². The Morgan fingerprint density at radius 2 is 1.92 bits per heavy atom. The van der Waals surface area contributed by atoms with E-state index < -0.39 is 9.52 Å². The molecule has 0 spiro atoms. The summed E-state index contributed by atoms with van der Waals surface area (Å²) in [5.41, 5.74) is 0. The molecule has 0 aromatic carbocycles. The Labute approximate surface area is 145 Å². The van der Waals surface area contributed by atoms with Crippen molar-refractivity contribution in [3.63, 3.8) is 0 Å². The summed E-state index contributed by atoms with van der Waals surface area (Å²) in [5, 5.41) is 2.64. The summed E-state index contributed by atoms with van der Waals surface area (Å²) in [6, 6.07) is 0. The zero-order chi connectivity index (χ0) is 18.2. The molecule has 1 N–H and O–H groups in total. The minimum Gasteiger partial charge on any atom is -0.353 e. The highest BCUT2D eigenvalue weighted by Crippen LogP contribution is 2.24. The first-order valence-electron chi connectivity index (χ1n) is 8.14. The molecule has 1 unspecified atom stereocenters. The van der Waals surface area contributed by atoms with Crippen molar-refractivity contribution in [2.45, 2.75) is 38.9 Å². The van der Waals surface area contributed by atoms with Gasteiger partial charge in [0.1, 0.15) is 0 Å². The van der Waals surface area contributed by atoms with Crippen LogP contribution in [0.4, 0.5) is 0 Å². The molecule has 1 aliphatic rings. The zero-order valence-corrected chi connectivity index (χ0v) is 15.6. The maximum atomic E-state index is 13.2. The number of nitrogens with zero attached hydrogens (tertiary/aromatic N) is 1. The van der Waals surface area contributed by atoms with E-state index in [4.69, 9.17) is 0 Å². The van der Waals surface area contributed by atoms with Gasteiger partial charge in [-0.05, 0) is 41.2 Å². The van der Waals surface area contributed by atoms with E-state index >= 15 is 0 Å². The van der Waals surface area contributed by atoms with E-state index in [9.17, 15) is 13.8 Å². The fourth-order valence-electron chi connectivity index (χ4n) is 2.63. The van der Waals surface area contributed by atoms with Gasteiger partial charge in [-0.2, -0.15) is 0 Å². The maximum Gasteiger partial charge on any atom is 0.219 e. The second-order valence-electron chi connectivity index (χ2n) is 5.87. The molecule has 5 nitrogen and oxygen atoms in total. The topological polar surface area (TPSA) is 66.5 Å². The van der Waals surface area contributed by atoms with Crippen molar-refractivity contribution in [1.29, 1.82) is 0 Å². The number of piperidine rings is 1. The molecule has 0 aromatic rings. The van der Waals surface area contributed by atoms with Crippen LogP contribution in [0.3, 0.4) is 0 Å². The lowest BCUT2D eigenvalue weighted by Gasteiger charge is -2.33. The summed E-state index contributed by atoms with van der Waals surface area (Å²) in [6.45, 7) is 6.60. The average molecular weight is 353 g/mol. The van der Waals surface area contributed by atoms with Crippen LogP contribution in [0, 0.1) is 0 Å². The van der Waals surface area contributed by atoms with E-state index in [2.05, 4.69) is 11.2 Å². The van der Waals surface area contributed by atoms with E-state index in [0.717, 1.165) is 0 Å². The number of carbonyl (C=O) groups excluding carboxylic acids is 2. The van der Waals surface area contributed by atoms with Gasteiger partial charge in [0.15, 0.2) is 0 Å². The van der Waals surface area contributed by atoms with Crippen molar-refractivity contribution in [2.24, 2.45) is 0 Å². The molecular weight excluding hydrogens is 324 g/mol. The number of amides is 2. The third-order valence-corrected chi connectivity index (χ3v) is 6.64. The number of hydrogen-bond donors (Lipinski definition) is 1. The first-order valence-corrected chi connectivity index (χ1v) is 9.93. The van der Waals surface area contributed by atoms with Gasteiger partial charge in [0.25, 0.3) is 0 Å². The maximum absolute atomic E-state index is 13.2. The smallest absolute Gasteiger partial charge is 0.219 e. The average Bonchev–Trinajstić information content (AvgIpc) is 2.53. The molecule has 24 heavy (non-hydrogen) atoms. The summed E-state index contributed by atoms with van der Waals surface area (Å²) in [6.07, 6.45) is 10.5. The van der Waals surface area contributed by atoms with Gasteiger partial charge in [-0.25, -0.2) is 0 Å². The van der Waals surface area contributed by atoms with Crippen molar-refractivity contribution in [1.82, 2.24) is 10.2 Å². The second kappa shape index (κ2) is 9.47. The largest absolute Gasteiger partial charge is 0.353 e. The number of carbonyl (C=O) groups is 2. The molecule has 1 rings (SSSR count). The van der Waals surface area contributed by atoms with Gasteiger partial charge in [-0.3, -0.25) is 13.8 Å². The molecule has 1 aliphatic heterocycles. The Balaban J connectivity index is 2.82. The Hall–Kier alpha value is -1.82. The van der Waals surface area contributed by atoms with Crippen molar-refractivity contribution in [3.05, 3.63) is 35.3 Å². The minimum atomic E-state index is -2.44. The van der Waals surface area contributed by atoms with Crippen molar-refractivity contribution in [2.75, 3.05) is 19.6 Å². The molecule has 134 valence electrons. The van der Waals surface area contributed by atoms with Gasteiger partial charge in [0.05, 0.1) is 0 Å². The Kier molecular flexibility index (Phi) is 7.98. The lowest BCUT2D eigenvalue weighted by molar-refractivity contribution is -0.129. The lowest BCUT2D eigenvalue weighted by atomic mass is 10.1. The fourth-order valence-corrected chi connectivity index (χ4v) is 4.66. The third-order valence-electron chi connectivity index (χ3n) is 4.02. The lowest BCUT2D eigenvalue weighted by Crippen LogP contribution is -2.41. The Morgan fingerprint density at radius 1 is 1.29 bits per heavy atom. The predicted octanol–water partition coefficient (Wildman–Crippen LogP) is 1.87. The van der Waals surface area contributed by atoms with Crippen LogP contribution in [-0.2, 0) is 19.1 Å². The molecule has 0 aliphatic carbocycles. The summed E-state index contributed by atoms with van der Waals surface area (Å²) in [5.74, 6) is 3.99. The molecule has 0 saturated carbocycles. The van der Waals surface area contributed by atoms with Crippen molar-refractivity contribution in [3.8, 4) is 0 Å². The van der Waals surface area contributed by atoms with Gasteiger partial charge in [0, 0.05) is 43.6 Å². The molecular formula is C18H28N2O3S. The Morgan fingerprint density at radius 3 is 2.42 bits per heavy atom. The molecule has 1 heterocycles. The summed E-state index contributed by atoms with van der Waals surface area (Å²) in [4.78, 5) is 24.7. The second-order valence-corrected chi connectivity index (χ2v) is 8.46. The highest BCUT2D eigenvalue weighted by Gasteiger charge is 2.28. The van der Waals surface area contributed by atoms with E-state index in [-0.39, 0.29) is 17.1 Å². The molecule has 1 atom stereocenters. The summed E-state index contributed by atoms with van der Waals surface area (Å²) >= 11 is 0. The highest BCUT2D eigenvalue weighted by atomic mass is 32.2. The van der Waals surface area contributed by atoms with Gasteiger partial charge in [0.2, 0.25) is 11.8 Å². The summed E-state index contributed by atoms with van der Waals surface area (Å²) in [7, 11) is -2.44. The van der Waals surface area contributed by atoms with Crippen LogP contribution in [0.15, 0.2) is 35.3 Å². The number of rotatable bonds is 6. The number of nitrogens with one attached hydrogen (secondary N) is 1. The van der Waals surface area contributed by atoms with E-state index in [1.807, 2.05) is 19.1 Å². The third kappa shape index (κ3) is 6.00. The molecule has 1 fully saturated rings. The summed E-state index contributed by atoms with van der Waals surface area (Å²) < 4.78 is 13.2. The molecule has 0 bridgehead atoms. The number of allylic oxidation sites excluding steroid dienone is 4. The van der Waals surface area contributed by atoms with Crippen LogP contribution < -0.4 is 5.32 Å². The van der Waals surface area contributed by atoms with E-state index in [0.29, 0.717) is 37.4 Å². The number of likely N-dealkylation sites (tertiary alicyclic amines) is 1. The minimum absolute atomic E-state index is 0.0284. The first kappa shape index (κ1) is 20.2. The van der Waals surface area contributed by atoms with Gasteiger partial charge in [-0.15, -0.1) is 0 Å². The van der Waals surface area contributed by atoms with Gasteiger partial charge < -0.3 is 10.2 Å². The van der Waals surface area contributed by atoms with Crippen LogP contribution in [0.25, 0.3) is 0 Å². The molecule has 0 radical (unpaired) electrons. The zero-order valence-electron chi connectivity index (χ0n) is 14.8. The van der Waals surface area contributed by atoms with Crippen LogP contribution in [0.1, 0.15) is 33.6 Å². The number of hydrogen-bond acceptors (Lipinski definition) is 3. The highest BCUT2D eigenvalue weighted by molar-refractivity contribution is 8.04. The van der Waals surface area contributed by atoms with Crippen molar-refractivity contribution < 1.29 is 13.8 Å². The van der Waals surface area contributed by atoms with Crippen LogP contribution in [0.5, 0.6) is 0 Å². The SMILES string of the molecule is C=S(=O)(C(/C=C\C)=C/C=C/CNC(C)=O)C1CCN(C(C)=O)CC1. The Bertz CT molecular complexity index is 637.